The summed E-state index contributed by atoms with van der Waals surface area (Å²) in [5, 5.41) is 13.2. The molecule has 0 saturated heterocycles. The van der Waals surface area contributed by atoms with E-state index in [0.717, 1.165) is 12.2 Å². The molecular weight excluding hydrogens is 116 g/mol. The van der Waals surface area contributed by atoms with E-state index in [0.29, 0.717) is 0 Å². The van der Waals surface area contributed by atoms with Gasteiger partial charge in [-0.1, -0.05) is 12.2 Å². The van der Waals surface area contributed by atoms with Crippen LogP contribution in [0.4, 0.5) is 0 Å². The molecule has 0 aliphatic carbocycles. The van der Waals surface area contributed by atoms with Crippen LogP contribution in [0.2, 0.25) is 0 Å². The molecule has 0 aliphatic rings. The second-order valence-electron chi connectivity index (χ2n) is 1.62. The lowest BCUT2D eigenvalue weighted by molar-refractivity contribution is 0.881. The van der Waals surface area contributed by atoms with Gasteiger partial charge >= 0.3 is 0 Å². The fourth-order valence-electron chi connectivity index (χ4n) is 0.495. The Balaban J connectivity index is 2.48. The zero-order chi connectivity index (χ0) is 6.53. The van der Waals surface area contributed by atoms with E-state index in [1.54, 1.807) is 0 Å². The molecule has 48 valence electrons. The van der Waals surface area contributed by atoms with Crippen LogP contribution < -0.4 is 0 Å². The molecule has 1 aromatic rings. The number of aromatic amines is 1. The predicted octanol–water partition coefficient (Wildman–Crippen LogP) is 0.318. The second-order valence-corrected chi connectivity index (χ2v) is 1.62. The van der Waals surface area contributed by atoms with E-state index >= 15 is 0 Å². The SMILES string of the molecule is CC=CCc1nnn[nH]1. The summed E-state index contributed by atoms with van der Waals surface area (Å²) in [6.07, 6.45) is 4.73. The van der Waals surface area contributed by atoms with Gasteiger partial charge in [-0.15, -0.1) is 5.10 Å². The van der Waals surface area contributed by atoms with Crippen molar-refractivity contribution in [1.82, 2.24) is 20.6 Å². The number of hydrogen-bond acceptors (Lipinski definition) is 3. The minimum atomic E-state index is 0.781. The third kappa shape index (κ3) is 1.64. The van der Waals surface area contributed by atoms with Crippen LogP contribution in [0.25, 0.3) is 0 Å². The summed E-state index contributed by atoms with van der Waals surface area (Å²) in [4.78, 5) is 0. The first-order valence-corrected chi connectivity index (χ1v) is 2.77. The molecule has 4 heteroatoms. The topological polar surface area (TPSA) is 54.5 Å². The summed E-state index contributed by atoms with van der Waals surface area (Å²) in [5.74, 6) is 0.799. The highest BCUT2D eigenvalue weighted by Crippen LogP contribution is 1.85. The molecule has 0 aliphatic heterocycles. The minimum Gasteiger partial charge on any atom is -0.243 e. The highest BCUT2D eigenvalue weighted by molar-refractivity contribution is 4.89. The van der Waals surface area contributed by atoms with E-state index in [9.17, 15) is 0 Å². The fraction of sp³-hybridized carbons (Fsp3) is 0.400. The summed E-state index contributed by atoms with van der Waals surface area (Å²) < 4.78 is 0. The number of aromatic nitrogens is 4. The molecule has 1 rings (SSSR count). The maximum absolute atomic E-state index is 3.69. The van der Waals surface area contributed by atoms with Gasteiger partial charge in [0.15, 0.2) is 5.82 Å². The van der Waals surface area contributed by atoms with Gasteiger partial charge in [0.05, 0.1) is 0 Å². The maximum Gasteiger partial charge on any atom is 0.152 e. The van der Waals surface area contributed by atoms with Crippen molar-refractivity contribution in [3.05, 3.63) is 18.0 Å². The van der Waals surface area contributed by atoms with Gasteiger partial charge in [0.25, 0.3) is 0 Å². The Morgan fingerprint density at radius 3 is 3.11 bits per heavy atom. The van der Waals surface area contributed by atoms with Crippen LogP contribution in [0.1, 0.15) is 12.7 Å². The normalized spacial score (nSPS) is 10.8. The Bertz CT molecular complexity index is 177. The van der Waals surface area contributed by atoms with Gasteiger partial charge in [0.1, 0.15) is 0 Å². The van der Waals surface area contributed by atoms with Crippen molar-refractivity contribution < 1.29 is 0 Å². The van der Waals surface area contributed by atoms with Crippen molar-refractivity contribution in [2.75, 3.05) is 0 Å². The molecular formula is C5H8N4. The number of nitrogens with zero attached hydrogens (tertiary/aromatic N) is 3. The quantitative estimate of drug-likeness (QED) is 0.577. The molecule has 1 heterocycles. The lowest BCUT2D eigenvalue weighted by Crippen LogP contribution is -1.82. The second kappa shape index (κ2) is 2.96. The minimum absolute atomic E-state index is 0.781. The van der Waals surface area contributed by atoms with E-state index in [2.05, 4.69) is 20.6 Å². The lowest BCUT2D eigenvalue weighted by Gasteiger charge is -1.80. The van der Waals surface area contributed by atoms with Crippen LogP contribution in [-0.4, -0.2) is 20.6 Å². The van der Waals surface area contributed by atoms with Crippen molar-refractivity contribution in [3.63, 3.8) is 0 Å². The van der Waals surface area contributed by atoms with Gasteiger partial charge in [-0.2, -0.15) is 0 Å². The van der Waals surface area contributed by atoms with Crippen LogP contribution in [0.15, 0.2) is 12.2 Å². The van der Waals surface area contributed by atoms with E-state index in [4.69, 9.17) is 0 Å². The highest BCUT2D eigenvalue weighted by Gasteiger charge is 1.88. The largest absolute Gasteiger partial charge is 0.243 e. The summed E-state index contributed by atoms with van der Waals surface area (Å²) in [6.45, 7) is 1.96. The molecule has 0 spiro atoms. The Hall–Kier alpha value is -1.19. The molecule has 0 amide bonds. The van der Waals surface area contributed by atoms with Crippen LogP contribution in [-0.2, 0) is 6.42 Å². The fourth-order valence-corrected chi connectivity index (χ4v) is 0.495. The zero-order valence-electron chi connectivity index (χ0n) is 5.20. The first-order valence-electron chi connectivity index (χ1n) is 2.77. The lowest BCUT2D eigenvalue weighted by atomic mass is 10.4. The van der Waals surface area contributed by atoms with Gasteiger partial charge in [0, 0.05) is 6.42 Å². The van der Waals surface area contributed by atoms with Gasteiger partial charge in [-0.25, -0.2) is 5.10 Å². The third-order valence-electron chi connectivity index (χ3n) is 0.936. The van der Waals surface area contributed by atoms with Crippen LogP contribution in [0.3, 0.4) is 0 Å². The van der Waals surface area contributed by atoms with Crippen LogP contribution in [0.5, 0.6) is 0 Å². The van der Waals surface area contributed by atoms with Crippen molar-refractivity contribution in [1.29, 1.82) is 0 Å². The Morgan fingerprint density at radius 1 is 1.67 bits per heavy atom. The molecule has 0 unspecified atom stereocenters. The predicted molar refractivity (Wildman–Crippen MR) is 32.7 cm³/mol. The first-order chi connectivity index (χ1) is 4.43. The van der Waals surface area contributed by atoms with Crippen molar-refractivity contribution >= 4 is 0 Å². The maximum atomic E-state index is 3.69. The molecule has 0 fully saturated rings. The molecule has 0 radical (unpaired) electrons. The molecule has 0 aromatic carbocycles. The summed E-state index contributed by atoms with van der Waals surface area (Å²) in [6, 6.07) is 0. The smallest absolute Gasteiger partial charge is 0.152 e. The van der Waals surface area contributed by atoms with E-state index in [-0.39, 0.29) is 0 Å². The van der Waals surface area contributed by atoms with Gasteiger partial charge in [-0.05, 0) is 17.4 Å². The molecule has 1 aromatic heterocycles. The molecule has 1 N–H and O–H groups in total. The van der Waals surface area contributed by atoms with Gasteiger partial charge in [0.2, 0.25) is 0 Å². The molecule has 4 nitrogen and oxygen atoms in total. The van der Waals surface area contributed by atoms with E-state index < -0.39 is 0 Å². The molecule has 9 heavy (non-hydrogen) atoms. The molecule has 0 bridgehead atoms. The Kier molecular flexibility index (Phi) is 1.95. The summed E-state index contributed by atoms with van der Waals surface area (Å²) in [5.41, 5.74) is 0. The summed E-state index contributed by atoms with van der Waals surface area (Å²) in [7, 11) is 0. The van der Waals surface area contributed by atoms with Gasteiger partial charge in [-0.3, -0.25) is 0 Å². The van der Waals surface area contributed by atoms with Crippen molar-refractivity contribution in [2.45, 2.75) is 13.3 Å². The van der Waals surface area contributed by atoms with Crippen molar-refractivity contribution in [3.8, 4) is 0 Å². The van der Waals surface area contributed by atoms with Crippen LogP contribution >= 0.6 is 0 Å². The first kappa shape index (κ1) is 5.94. The number of allylic oxidation sites excluding steroid dienone is 2. The number of tetrazole rings is 1. The standard InChI is InChI=1S/C5H8N4/c1-2-3-4-5-6-8-9-7-5/h2-3H,4H2,1H3,(H,6,7,8,9). The number of nitrogens with one attached hydrogen (secondary N) is 1. The zero-order valence-corrected chi connectivity index (χ0v) is 5.20. The monoisotopic (exact) mass is 124 g/mol. The number of rotatable bonds is 2. The summed E-state index contributed by atoms with van der Waals surface area (Å²) >= 11 is 0. The Labute approximate surface area is 53.0 Å². The molecule has 0 atom stereocenters. The highest BCUT2D eigenvalue weighted by atomic mass is 15.5. The van der Waals surface area contributed by atoms with Gasteiger partial charge < -0.3 is 0 Å². The van der Waals surface area contributed by atoms with Crippen LogP contribution in [0, 0.1) is 0 Å². The number of hydrogen-bond donors (Lipinski definition) is 1. The number of H-pyrrole nitrogens is 1. The van der Waals surface area contributed by atoms with E-state index in [1.165, 1.54) is 0 Å². The average molecular weight is 124 g/mol. The average Bonchev–Trinajstić information content (AvgIpc) is 2.34. The molecule has 0 saturated carbocycles. The third-order valence-corrected chi connectivity index (χ3v) is 0.936. The van der Waals surface area contributed by atoms with E-state index in [1.807, 2.05) is 19.1 Å². The van der Waals surface area contributed by atoms with Crippen molar-refractivity contribution in [2.24, 2.45) is 0 Å². The Morgan fingerprint density at radius 2 is 2.56 bits per heavy atom.